The van der Waals surface area contributed by atoms with Gasteiger partial charge >= 0.3 is 49.3 Å². The minimum Gasteiger partial charge on any atom is 0 e. The molecule has 0 saturated carbocycles. The van der Waals surface area contributed by atoms with E-state index in [9.17, 15) is 0 Å². The summed E-state index contributed by atoms with van der Waals surface area (Å²) in [6.45, 7) is 1.10. The summed E-state index contributed by atoms with van der Waals surface area (Å²) in [6.07, 6.45) is 0. The molecule has 7 heavy (non-hydrogen) atoms. The molecule has 0 aliphatic carbocycles. The zero-order chi connectivity index (χ0) is 4.83. The Kier molecular flexibility index (Phi) is 17.9. The molecule has 0 saturated heterocycles. The number of hydrogen-bond donors (Lipinski definition) is 0. The molecule has 0 amide bonds. The normalized spacial score (nSPS) is 7.71. The van der Waals surface area contributed by atoms with Crippen LogP contribution in [0.25, 0.3) is 5.32 Å². The Bertz CT molecular complexity index is 23.7. The number of rotatable bonds is 3. The fourth-order valence-corrected chi connectivity index (χ4v) is 1.22. The van der Waals surface area contributed by atoms with Gasteiger partial charge in [0.05, 0.1) is 0 Å². The molecule has 0 N–H and O–H groups in total. The zero-order valence-electron chi connectivity index (χ0n) is 4.85. The summed E-state index contributed by atoms with van der Waals surface area (Å²) in [7, 11) is 1.88. The summed E-state index contributed by atoms with van der Waals surface area (Å²) in [6, 6.07) is 0. The Hall–Kier alpha value is 1.85. The molecule has 1 nitrogen and oxygen atoms in total. The average Bonchev–Trinajstić information content (AvgIpc) is 1.61. The Morgan fingerprint density at radius 2 is 2.14 bits per heavy atom. The molecule has 0 rings (SSSR count). The molecular weight excluding hydrogens is 279 g/mol. The molecule has 0 spiro atoms. The van der Waals surface area contributed by atoms with Crippen LogP contribution in [-0.4, -0.2) is 34.5 Å². The minimum absolute atomic E-state index is 0. The first-order chi connectivity index (χ1) is 2.91. The predicted molar refractivity (Wildman–Crippen MR) is 30.6 cm³/mol. The van der Waals surface area contributed by atoms with Crippen LogP contribution in [0.4, 0.5) is 0 Å². The molecule has 0 atom stereocenters. The molecule has 0 unspecified atom stereocenters. The van der Waals surface area contributed by atoms with Crippen molar-refractivity contribution in [1.29, 1.82) is 0 Å². The molecule has 0 aliphatic heterocycles. The van der Waals surface area contributed by atoms with Crippen molar-refractivity contribution in [1.82, 2.24) is 0 Å². The Balaban J connectivity index is 0. The van der Waals surface area contributed by atoms with E-state index in [1.165, 1.54) is 4.47 Å². The minimum atomic E-state index is 0. The maximum atomic E-state index is 3.96. The summed E-state index contributed by atoms with van der Waals surface area (Å²) in [5.74, 6) is 0. The van der Waals surface area contributed by atoms with Gasteiger partial charge in [-0.05, 0) is 0 Å². The Labute approximate surface area is 81.0 Å². The molecule has 41 valence electrons. The van der Waals surface area contributed by atoms with Crippen molar-refractivity contribution in [3.8, 4) is 0 Å². The van der Waals surface area contributed by atoms with Crippen molar-refractivity contribution < 1.29 is 32.7 Å². The standard InChI is InChI=1S/C4H10NTe.Y/c1-5-3-4-6-2;/h3-4H2,1-2H3;/q-1;. The third-order valence-corrected chi connectivity index (χ3v) is 2.21. The van der Waals surface area contributed by atoms with Crippen LogP contribution in [0.2, 0.25) is 9.44 Å². The van der Waals surface area contributed by atoms with E-state index in [2.05, 4.69) is 10.3 Å². The topological polar surface area (TPSA) is 14.1 Å². The van der Waals surface area contributed by atoms with Gasteiger partial charge in [0, 0.05) is 32.7 Å². The number of nitrogens with zero attached hydrogens (tertiary/aromatic N) is 1. The van der Waals surface area contributed by atoms with Crippen LogP contribution in [0, 0.1) is 0 Å². The second kappa shape index (κ2) is 10.8. The quantitative estimate of drug-likeness (QED) is 0.547. The third kappa shape index (κ3) is 11.4. The first-order valence-electron chi connectivity index (χ1n) is 1.96. The van der Waals surface area contributed by atoms with Crippen LogP contribution in [0.5, 0.6) is 0 Å². The van der Waals surface area contributed by atoms with Gasteiger partial charge in [0.25, 0.3) is 0 Å². The Morgan fingerprint density at radius 1 is 1.57 bits per heavy atom. The monoisotopic (exact) mass is 291 g/mol. The van der Waals surface area contributed by atoms with Crippen LogP contribution >= 0.6 is 0 Å². The molecular formula is C4H10NTeY-. The summed E-state index contributed by atoms with van der Waals surface area (Å²) >= 11 is 0.370. The maximum Gasteiger partial charge on any atom is 0 e. The Morgan fingerprint density at radius 3 is 2.29 bits per heavy atom. The van der Waals surface area contributed by atoms with Crippen LogP contribution in [-0.2, 0) is 32.7 Å². The zero-order valence-corrected chi connectivity index (χ0v) is 10.0. The van der Waals surface area contributed by atoms with E-state index in [4.69, 9.17) is 0 Å². The van der Waals surface area contributed by atoms with Gasteiger partial charge in [-0.2, -0.15) is 0 Å². The molecule has 0 aromatic heterocycles. The molecule has 0 aliphatic rings. The van der Waals surface area contributed by atoms with E-state index in [0.29, 0.717) is 20.9 Å². The average molecular weight is 289 g/mol. The van der Waals surface area contributed by atoms with Gasteiger partial charge in [0.2, 0.25) is 0 Å². The third-order valence-electron chi connectivity index (χ3n) is 0.519. The fourth-order valence-electron chi connectivity index (χ4n) is 0.183. The van der Waals surface area contributed by atoms with Gasteiger partial charge in [-0.15, -0.1) is 0 Å². The van der Waals surface area contributed by atoms with Crippen LogP contribution < -0.4 is 0 Å². The smallest absolute Gasteiger partial charge is 0 e. The van der Waals surface area contributed by atoms with Crippen molar-refractivity contribution in [2.75, 3.05) is 13.6 Å². The molecule has 0 aromatic carbocycles. The second-order valence-electron chi connectivity index (χ2n) is 1.03. The molecule has 0 aromatic rings. The molecule has 0 fully saturated rings. The van der Waals surface area contributed by atoms with Gasteiger partial charge < -0.3 is 0 Å². The SMILES string of the molecule is C[N-]CC[Te]C.[Y]. The van der Waals surface area contributed by atoms with Crippen molar-refractivity contribution in [2.24, 2.45) is 0 Å². The summed E-state index contributed by atoms with van der Waals surface area (Å²) < 4.78 is 1.38. The molecule has 1 radical (unpaired) electrons. The summed E-state index contributed by atoms with van der Waals surface area (Å²) in [5.41, 5.74) is 0. The van der Waals surface area contributed by atoms with E-state index in [1.807, 2.05) is 7.05 Å². The first-order valence-corrected chi connectivity index (χ1v) is 5.94. The van der Waals surface area contributed by atoms with Crippen molar-refractivity contribution in [3.05, 3.63) is 5.32 Å². The van der Waals surface area contributed by atoms with Gasteiger partial charge in [-0.25, -0.2) is 0 Å². The van der Waals surface area contributed by atoms with E-state index in [0.717, 1.165) is 6.54 Å². The van der Waals surface area contributed by atoms with E-state index < -0.39 is 0 Å². The largest absolute Gasteiger partial charge is 0 e. The fraction of sp³-hybridized carbons (Fsp3) is 1.00. The van der Waals surface area contributed by atoms with Crippen molar-refractivity contribution >= 4 is 20.9 Å². The first kappa shape index (κ1) is 11.6. The van der Waals surface area contributed by atoms with Crippen LogP contribution in [0.1, 0.15) is 0 Å². The maximum absolute atomic E-state index is 3.96. The molecule has 0 bridgehead atoms. The van der Waals surface area contributed by atoms with Gasteiger partial charge in [-0.3, -0.25) is 0 Å². The molecule has 0 heterocycles. The number of hydrogen-bond acceptors (Lipinski definition) is 0. The van der Waals surface area contributed by atoms with E-state index in [1.54, 1.807) is 0 Å². The van der Waals surface area contributed by atoms with Gasteiger partial charge in [0.15, 0.2) is 0 Å². The van der Waals surface area contributed by atoms with Crippen molar-refractivity contribution in [3.63, 3.8) is 0 Å². The molecule has 3 heteroatoms. The van der Waals surface area contributed by atoms with E-state index in [-0.39, 0.29) is 32.7 Å². The predicted octanol–water partition coefficient (Wildman–Crippen LogP) is 1.16. The van der Waals surface area contributed by atoms with Gasteiger partial charge in [0.1, 0.15) is 0 Å². The summed E-state index contributed by atoms with van der Waals surface area (Å²) in [4.78, 5) is 2.30. The van der Waals surface area contributed by atoms with Crippen molar-refractivity contribution in [2.45, 2.75) is 9.44 Å². The second-order valence-corrected chi connectivity index (χ2v) is 3.85. The van der Waals surface area contributed by atoms with Gasteiger partial charge in [-0.1, -0.05) is 0 Å². The van der Waals surface area contributed by atoms with Crippen LogP contribution in [0.15, 0.2) is 0 Å². The summed E-state index contributed by atoms with van der Waals surface area (Å²) in [5, 5.41) is 3.96. The van der Waals surface area contributed by atoms with Crippen LogP contribution in [0.3, 0.4) is 0 Å². The van der Waals surface area contributed by atoms with E-state index >= 15 is 0 Å².